The zero-order valence-corrected chi connectivity index (χ0v) is 15.3. The number of ether oxygens (including phenoxy) is 1. The maximum absolute atomic E-state index is 13.4. The predicted molar refractivity (Wildman–Crippen MR) is 95.9 cm³/mol. The van der Waals surface area contributed by atoms with Crippen LogP contribution in [0.15, 0.2) is 30.5 Å². The van der Waals surface area contributed by atoms with Gasteiger partial charge in [0.2, 0.25) is 0 Å². The summed E-state index contributed by atoms with van der Waals surface area (Å²) in [4.78, 5) is 9.14. The molecule has 0 aliphatic rings. The lowest BCUT2D eigenvalue weighted by Gasteiger charge is -2.23. The molecular formula is C19H24F3N3O. The molecule has 0 bridgehead atoms. The van der Waals surface area contributed by atoms with Gasteiger partial charge in [0.05, 0.1) is 6.61 Å². The fraction of sp³-hybridized carbons (Fsp3) is 0.474. The molecule has 2 rings (SSSR count). The van der Waals surface area contributed by atoms with Crippen LogP contribution in [0.4, 0.5) is 24.7 Å². The van der Waals surface area contributed by atoms with E-state index in [9.17, 15) is 13.2 Å². The largest absolute Gasteiger partial charge is 0.463 e. The number of hydrogen-bond donors (Lipinski definition) is 0. The highest BCUT2D eigenvalue weighted by molar-refractivity contribution is 5.63. The minimum atomic E-state index is -4.55. The lowest BCUT2D eigenvalue weighted by Crippen LogP contribution is -2.19. The first-order valence-corrected chi connectivity index (χ1v) is 8.76. The Morgan fingerprint density at radius 3 is 2.58 bits per heavy atom. The summed E-state index contributed by atoms with van der Waals surface area (Å²) in [6.07, 6.45) is -0.0722. The van der Waals surface area contributed by atoms with Crippen LogP contribution in [0.1, 0.15) is 44.2 Å². The van der Waals surface area contributed by atoms with E-state index in [1.165, 1.54) is 4.90 Å². The molecular weight excluding hydrogens is 343 g/mol. The van der Waals surface area contributed by atoms with Crippen molar-refractivity contribution in [2.24, 2.45) is 0 Å². The topological polar surface area (TPSA) is 38.2 Å². The summed E-state index contributed by atoms with van der Waals surface area (Å²) >= 11 is 0. The molecule has 0 aliphatic carbocycles. The van der Waals surface area contributed by atoms with Crippen LogP contribution < -0.4 is 9.64 Å². The highest BCUT2D eigenvalue weighted by Crippen LogP contribution is 2.37. The first-order chi connectivity index (χ1) is 12.4. The number of anilines is 2. The highest BCUT2D eigenvalue weighted by atomic mass is 19.4. The summed E-state index contributed by atoms with van der Waals surface area (Å²) in [7, 11) is 1.57. The van der Waals surface area contributed by atoms with Crippen molar-refractivity contribution in [2.75, 3.05) is 18.6 Å². The Hall–Kier alpha value is -2.31. The predicted octanol–water partition coefficient (Wildman–Crippen LogP) is 5.39. The third-order valence-electron chi connectivity index (χ3n) is 3.92. The van der Waals surface area contributed by atoms with E-state index in [1.54, 1.807) is 13.1 Å². The van der Waals surface area contributed by atoms with Crippen molar-refractivity contribution >= 4 is 11.5 Å². The zero-order valence-electron chi connectivity index (χ0n) is 15.3. The number of aromatic nitrogens is 2. The molecule has 0 radical (unpaired) electrons. The SMILES string of the molecule is CCCCc1cccc(N(C)c2nc(OCCC)ncc2C(F)(F)F)c1. The molecule has 0 saturated carbocycles. The lowest BCUT2D eigenvalue weighted by atomic mass is 10.1. The van der Waals surface area contributed by atoms with Crippen LogP contribution in [0, 0.1) is 0 Å². The molecule has 0 atom stereocenters. The average molecular weight is 367 g/mol. The van der Waals surface area contributed by atoms with Crippen molar-refractivity contribution in [2.45, 2.75) is 45.7 Å². The molecule has 1 heterocycles. The fourth-order valence-electron chi connectivity index (χ4n) is 2.50. The van der Waals surface area contributed by atoms with E-state index < -0.39 is 11.7 Å². The van der Waals surface area contributed by atoms with Gasteiger partial charge in [-0.3, -0.25) is 0 Å². The summed E-state index contributed by atoms with van der Waals surface area (Å²) in [5, 5.41) is 0. The van der Waals surface area contributed by atoms with Crippen molar-refractivity contribution in [3.05, 3.63) is 41.6 Å². The molecule has 0 fully saturated rings. The van der Waals surface area contributed by atoms with Crippen molar-refractivity contribution < 1.29 is 17.9 Å². The Morgan fingerprint density at radius 2 is 1.92 bits per heavy atom. The Morgan fingerprint density at radius 1 is 1.15 bits per heavy atom. The Bertz CT molecular complexity index is 719. The molecule has 0 saturated heterocycles. The van der Waals surface area contributed by atoms with Gasteiger partial charge in [-0.15, -0.1) is 0 Å². The lowest BCUT2D eigenvalue weighted by molar-refractivity contribution is -0.137. The number of halogens is 3. The third kappa shape index (κ3) is 5.09. The maximum atomic E-state index is 13.4. The molecule has 0 spiro atoms. The van der Waals surface area contributed by atoms with E-state index >= 15 is 0 Å². The van der Waals surface area contributed by atoms with Gasteiger partial charge in [0, 0.05) is 18.9 Å². The standard InChI is InChI=1S/C19H24F3N3O/c1-4-6-8-14-9-7-10-15(12-14)25(3)17-16(19(20,21)22)13-23-18(24-17)26-11-5-2/h7,9-10,12-13H,4-6,8,11H2,1-3H3. The molecule has 142 valence electrons. The molecule has 1 aromatic heterocycles. The zero-order chi connectivity index (χ0) is 19.2. The van der Waals surface area contributed by atoms with Gasteiger partial charge in [-0.05, 0) is 37.0 Å². The van der Waals surface area contributed by atoms with Crippen molar-refractivity contribution in [1.29, 1.82) is 0 Å². The second-order valence-corrected chi connectivity index (χ2v) is 6.07. The molecule has 0 aliphatic heterocycles. The van der Waals surface area contributed by atoms with Crippen molar-refractivity contribution in [1.82, 2.24) is 9.97 Å². The molecule has 0 unspecified atom stereocenters. The summed E-state index contributed by atoms with van der Waals surface area (Å²) in [6.45, 7) is 4.35. The van der Waals surface area contributed by atoms with Crippen LogP contribution in [0.25, 0.3) is 0 Å². The number of rotatable bonds is 8. The van der Waals surface area contributed by atoms with E-state index in [1.807, 2.05) is 25.1 Å². The Labute approximate surface area is 152 Å². The van der Waals surface area contributed by atoms with Gasteiger partial charge in [-0.2, -0.15) is 18.2 Å². The molecule has 4 nitrogen and oxygen atoms in total. The van der Waals surface area contributed by atoms with E-state index in [2.05, 4.69) is 16.9 Å². The normalized spacial score (nSPS) is 11.5. The van der Waals surface area contributed by atoms with Crippen molar-refractivity contribution in [3.8, 4) is 6.01 Å². The summed E-state index contributed by atoms with van der Waals surface area (Å²) < 4.78 is 45.5. The van der Waals surface area contributed by atoms with Crippen LogP contribution in [-0.4, -0.2) is 23.6 Å². The first-order valence-electron chi connectivity index (χ1n) is 8.76. The highest BCUT2D eigenvalue weighted by Gasteiger charge is 2.36. The molecule has 26 heavy (non-hydrogen) atoms. The van der Waals surface area contributed by atoms with E-state index in [0.717, 1.165) is 37.4 Å². The van der Waals surface area contributed by atoms with E-state index in [0.29, 0.717) is 12.3 Å². The van der Waals surface area contributed by atoms with Gasteiger partial charge in [0.15, 0.2) is 5.82 Å². The number of alkyl halides is 3. The molecule has 0 amide bonds. The van der Waals surface area contributed by atoms with Crippen molar-refractivity contribution in [3.63, 3.8) is 0 Å². The van der Waals surface area contributed by atoms with Gasteiger partial charge in [0.25, 0.3) is 0 Å². The minimum Gasteiger partial charge on any atom is -0.463 e. The number of unbranched alkanes of at least 4 members (excludes halogenated alkanes) is 1. The monoisotopic (exact) mass is 367 g/mol. The Kier molecular flexibility index (Phi) is 6.83. The fourth-order valence-corrected chi connectivity index (χ4v) is 2.50. The smallest absolute Gasteiger partial charge is 0.421 e. The average Bonchev–Trinajstić information content (AvgIpc) is 2.63. The van der Waals surface area contributed by atoms with Crippen LogP contribution in [0.2, 0.25) is 0 Å². The number of aryl methyl sites for hydroxylation is 1. The van der Waals surface area contributed by atoms with Gasteiger partial charge in [-0.25, -0.2) is 4.98 Å². The second-order valence-electron chi connectivity index (χ2n) is 6.07. The summed E-state index contributed by atoms with van der Waals surface area (Å²) in [5.41, 5.74) is 0.841. The number of nitrogens with zero attached hydrogens (tertiary/aromatic N) is 3. The Balaban J connectivity index is 2.40. The number of benzene rings is 1. The summed E-state index contributed by atoms with van der Waals surface area (Å²) in [6, 6.07) is 7.44. The molecule has 1 aromatic carbocycles. The summed E-state index contributed by atoms with van der Waals surface area (Å²) in [5.74, 6) is -0.216. The van der Waals surface area contributed by atoms with Crippen LogP contribution >= 0.6 is 0 Å². The van der Waals surface area contributed by atoms with Crippen LogP contribution in [0.5, 0.6) is 6.01 Å². The second kappa shape index (κ2) is 8.87. The first kappa shape index (κ1) is 20.0. The number of hydrogen-bond acceptors (Lipinski definition) is 4. The van der Waals surface area contributed by atoms with Gasteiger partial charge >= 0.3 is 12.2 Å². The van der Waals surface area contributed by atoms with Crippen LogP contribution in [0.3, 0.4) is 0 Å². The minimum absolute atomic E-state index is 0.0520. The van der Waals surface area contributed by atoms with E-state index in [-0.39, 0.29) is 11.8 Å². The third-order valence-corrected chi connectivity index (χ3v) is 3.92. The quantitative estimate of drug-likeness (QED) is 0.627. The van der Waals surface area contributed by atoms with Gasteiger partial charge < -0.3 is 9.64 Å². The molecule has 2 aromatic rings. The van der Waals surface area contributed by atoms with Gasteiger partial charge in [-0.1, -0.05) is 32.4 Å². The van der Waals surface area contributed by atoms with Gasteiger partial charge in [0.1, 0.15) is 5.56 Å². The van der Waals surface area contributed by atoms with Crippen LogP contribution in [-0.2, 0) is 12.6 Å². The molecule has 0 N–H and O–H groups in total. The van der Waals surface area contributed by atoms with E-state index in [4.69, 9.17) is 4.74 Å². The molecule has 7 heteroatoms. The maximum Gasteiger partial charge on any atom is 0.421 e.